The van der Waals surface area contributed by atoms with Crippen LogP contribution in [0.15, 0.2) is 41.3 Å². The average Bonchev–Trinajstić information content (AvgIpc) is 3.06. The molecule has 0 unspecified atom stereocenters. The number of hydrogen-bond acceptors (Lipinski definition) is 7. The first-order valence-electron chi connectivity index (χ1n) is 11.1. The Balaban J connectivity index is 1.41. The monoisotopic (exact) mass is 499 g/mol. The number of esters is 1. The van der Waals surface area contributed by atoms with Crippen molar-refractivity contribution in [3.05, 3.63) is 58.7 Å². The standard InChI is InChI=1S/C24H25N3O7S/c1-15-6-7-16(12-20(15)35(32,33)27-10-4-3-5-11-27)24(31)34-14-21(28)25-17-8-9-18-19(13-17)23(30)26(2)22(18)29/h6-9,12-13H,3-5,10-11,14H2,1-2H3,(H,25,28). The minimum atomic E-state index is -3.75. The fraction of sp³-hybridized carbons (Fsp3) is 0.333. The molecule has 2 aromatic rings. The molecule has 1 N–H and O–H groups in total. The van der Waals surface area contributed by atoms with E-state index in [4.69, 9.17) is 4.74 Å². The Kier molecular flexibility index (Phi) is 6.73. The largest absolute Gasteiger partial charge is 0.452 e. The molecule has 0 saturated carbocycles. The molecular formula is C24H25N3O7S. The molecule has 0 aromatic heterocycles. The van der Waals surface area contributed by atoms with Gasteiger partial charge in [-0.05, 0) is 55.7 Å². The number of carbonyl (C=O) groups excluding carboxylic acids is 4. The van der Waals surface area contributed by atoms with E-state index >= 15 is 0 Å². The zero-order valence-corrected chi connectivity index (χ0v) is 20.2. The molecule has 0 spiro atoms. The zero-order valence-electron chi connectivity index (χ0n) is 19.4. The molecule has 2 aliphatic heterocycles. The third kappa shape index (κ3) is 4.82. The van der Waals surface area contributed by atoms with E-state index < -0.39 is 40.3 Å². The van der Waals surface area contributed by atoms with Crippen molar-refractivity contribution in [2.75, 3.05) is 32.1 Å². The van der Waals surface area contributed by atoms with Gasteiger partial charge in [0, 0.05) is 25.8 Å². The van der Waals surface area contributed by atoms with Gasteiger partial charge in [-0.2, -0.15) is 4.31 Å². The lowest BCUT2D eigenvalue weighted by Crippen LogP contribution is -2.36. The SMILES string of the molecule is Cc1ccc(C(=O)OCC(=O)Nc2ccc3c(c2)C(=O)N(C)C3=O)cc1S(=O)(=O)N1CCCCC1. The molecule has 2 aliphatic rings. The number of nitrogens with zero attached hydrogens (tertiary/aromatic N) is 2. The number of hydrogen-bond donors (Lipinski definition) is 1. The fourth-order valence-corrected chi connectivity index (χ4v) is 5.87. The molecule has 10 nitrogen and oxygen atoms in total. The number of anilines is 1. The van der Waals surface area contributed by atoms with Crippen molar-refractivity contribution < 1.29 is 32.3 Å². The summed E-state index contributed by atoms with van der Waals surface area (Å²) in [5.74, 6) is -2.39. The van der Waals surface area contributed by atoms with E-state index in [2.05, 4.69) is 5.32 Å². The van der Waals surface area contributed by atoms with E-state index in [1.807, 2.05) is 0 Å². The molecule has 1 saturated heterocycles. The number of carbonyl (C=O) groups is 4. The molecule has 0 atom stereocenters. The Morgan fingerprint density at radius 2 is 1.66 bits per heavy atom. The van der Waals surface area contributed by atoms with E-state index in [0.717, 1.165) is 24.2 Å². The molecule has 2 aromatic carbocycles. The molecule has 184 valence electrons. The number of ether oxygens (including phenoxy) is 1. The van der Waals surface area contributed by atoms with Gasteiger partial charge in [-0.3, -0.25) is 19.3 Å². The van der Waals surface area contributed by atoms with Crippen molar-refractivity contribution in [2.24, 2.45) is 0 Å². The van der Waals surface area contributed by atoms with Crippen LogP contribution in [0.4, 0.5) is 5.69 Å². The average molecular weight is 500 g/mol. The second kappa shape index (κ2) is 9.59. The van der Waals surface area contributed by atoms with Gasteiger partial charge in [0.1, 0.15) is 0 Å². The predicted molar refractivity (Wildman–Crippen MR) is 126 cm³/mol. The molecule has 35 heavy (non-hydrogen) atoms. The Morgan fingerprint density at radius 3 is 2.37 bits per heavy atom. The van der Waals surface area contributed by atoms with Crippen molar-refractivity contribution in [3.8, 4) is 0 Å². The Labute approximate surface area is 202 Å². The summed E-state index contributed by atoms with van der Waals surface area (Å²) in [6.45, 7) is 1.92. The number of fused-ring (bicyclic) bond motifs is 1. The molecule has 1 fully saturated rings. The third-order valence-corrected chi connectivity index (χ3v) is 8.11. The van der Waals surface area contributed by atoms with Gasteiger partial charge >= 0.3 is 5.97 Å². The van der Waals surface area contributed by atoms with Crippen LogP contribution < -0.4 is 5.32 Å². The smallest absolute Gasteiger partial charge is 0.338 e. The van der Waals surface area contributed by atoms with Gasteiger partial charge in [-0.1, -0.05) is 12.5 Å². The molecule has 11 heteroatoms. The van der Waals surface area contributed by atoms with Crippen LogP contribution in [0.25, 0.3) is 0 Å². The van der Waals surface area contributed by atoms with Gasteiger partial charge in [0.05, 0.1) is 21.6 Å². The van der Waals surface area contributed by atoms with Crippen LogP contribution >= 0.6 is 0 Å². The molecule has 0 bridgehead atoms. The van der Waals surface area contributed by atoms with Crippen LogP contribution in [0.2, 0.25) is 0 Å². The highest BCUT2D eigenvalue weighted by Crippen LogP contribution is 2.26. The summed E-state index contributed by atoms with van der Waals surface area (Å²) in [6, 6.07) is 8.56. The van der Waals surface area contributed by atoms with E-state index in [0.29, 0.717) is 18.7 Å². The molecule has 0 aliphatic carbocycles. The summed E-state index contributed by atoms with van der Waals surface area (Å²) in [6.07, 6.45) is 2.57. The maximum Gasteiger partial charge on any atom is 0.338 e. The first-order chi connectivity index (χ1) is 16.6. The second-order valence-corrected chi connectivity index (χ2v) is 10.4. The highest BCUT2D eigenvalue weighted by molar-refractivity contribution is 7.89. The van der Waals surface area contributed by atoms with Crippen molar-refractivity contribution in [1.29, 1.82) is 0 Å². The number of aryl methyl sites for hydroxylation is 1. The summed E-state index contributed by atoms with van der Waals surface area (Å²) in [4.78, 5) is 49.9. The van der Waals surface area contributed by atoms with Crippen molar-refractivity contribution in [2.45, 2.75) is 31.1 Å². The minimum Gasteiger partial charge on any atom is -0.452 e. The number of amides is 3. The van der Waals surface area contributed by atoms with Crippen LogP contribution in [0.3, 0.4) is 0 Å². The number of sulfonamides is 1. The van der Waals surface area contributed by atoms with Crippen molar-refractivity contribution >= 4 is 39.4 Å². The Morgan fingerprint density at radius 1 is 0.971 bits per heavy atom. The van der Waals surface area contributed by atoms with Crippen LogP contribution in [-0.2, 0) is 19.6 Å². The fourth-order valence-electron chi connectivity index (χ4n) is 4.10. The molecule has 4 rings (SSSR count). The Bertz CT molecular complexity index is 1330. The maximum absolute atomic E-state index is 13.1. The Hall–Kier alpha value is -3.57. The predicted octanol–water partition coefficient (Wildman–Crippen LogP) is 2.19. The number of rotatable bonds is 6. The van der Waals surface area contributed by atoms with Crippen molar-refractivity contribution in [1.82, 2.24) is 9.21 Å². The topological polar surface area (TPSA) is 130 Å². The number of nitrogens with one attached hydrogen (secondary N) is 1. The summed E-state index contributed by atoms with van der Waals surface area (Å²) in [7, 11) is -2.38. The highest BCUT2D eigenvalue weighted by Gasteiger charge is 2.33. The van der Waals surface area contributed by atoms with Gasteiger partial charge in [0.2, 0.25) is 10.0 Å². The maximum atomic E-state index is 13.1. The van der Waals surface area contributed by atoms with Gasteiger partial charge in [-0.25, -0.2) is 13.2 Å². The molecule has 2 heterocycles. The van der Waals surface area contributed by atoms with Crippen molar-refractivity contribution in [3.63, 3.8) is 0 Å². The number of imide groups is 1. The molecular weight excluding hydrogens is 474 g/mol. The molecule has 0 radical (unpaired) electrons. The van der Waals surface area contributed by atoms with Crippen LogP contribution in [0.5, 0.6) is 0 Å². The first-order valence-corrected chi connectivity index (χ1v) is 12.6. The van der Waals surface area contributed by atoms with Gasteiger partial charge in [0.25, 0.3) is 17.7 Å². The lowest BCUT2D eigenvalue weighted by molar-refractivity contribution is -0.119. The highest BCUT2D eigenvalue weighted by atomic mass is 32.2. The normalized spacial score (nSPS) is 16.2. The third-order valence-electron chi connectivity index (χ3n) is 6.06. The van der Waals surface area contributed by atoms with E-state index in [-0.39, 0.29) is 27.3 Å². The van der Waals surface area contributed by atoms with E-state index in [1.165, 1.54) is 47.8 Å². The van der Waals surface area contributed by atoms with E-state index in [1.54, 1.807) is 6.92 Å². The summed E-state index contributed by atoms with van der Waals surface area (Å²) < 4.78 is 32.6. The minimum absolute atomic E-state index is 0.0173. The van der Waals surface area contributed by atoms with Crippen LogP contribution in [0.1, 0.15) is 55.9 Å². The second-order valence-electron chi connectivity index (χ2n) is 8.50. The first kappa shape index (κ1) is 24.6. The molecule has 3 amide bonds. The zero-order chi connectivity index (χ0) is 25.3. The van der Waals surface area contributed by atoms with Gasteiger partial charge < -0.3 is 10.1 Å². The van der Waals surface area contributed by atoms with Gasteiger partial charge in [-0.15, -0.1) is 0 Å². The summed E-state index contributed by atoms with van der Waals surface area (Å²) >= 11 is 0. The van der Waals surface area contributed by atoms with Gasteiger partial charge in [0.15, 0.2) is 6.61 Å². The van der Waals surface area contributed by atoms with E-state index in [9.17, 15) is 27.6 Å². The lowest BCUT2D eigenvalue weighted by atomic mass is 10.1. The van der Waals surface area contributed by atoms with Crippen LogP contribution in [-0.4, -0.2) is 68.1 Å². The lowest BCUT2D eigenvalue weighted by Gasteiger charge is -2.26. The number of benzene rings is 2. The number of piperidine rings is 1. The summed E-state index contributed by atoms with van der Waals surface area (Å²) in [5, 5.41) is 2.52. The van der Waals surface area contributed by atoms with Crippen LogP contribution in [0, 0.1) is 6.92 Å². The summed E-state index contributed by atoms with van der Waals surface area (Å²) in [5.41, 5.74) is 1.22. The quantitative estimate of drug-likeness (QED) is 0.476.